The lowest BCUT2D eigenvalue weighted by Gasteiger charge is -2.39. The first-order valence-electron chi connectivity index (χ1n) is 6.59. The Balaban J connectivity index is 1.73. The molecule has 1 aliphatic heterocycles. The van der Waals surface area contributed by atoms with E-state index in [-0.39, 0.29) is 17.1 Å². The maximum atomic E-state index is 11.2. The van der Waals surface area contributed by atoms with E-state index >= 15 is 0 Å². The summed E-state index contributed by atoms with van der Waals surface area (Å²) in [4.78, 5) is 16.8. The minimum absolute atomic E-state index is 0.160. The lowest BCUT2D eigenvalue weighted by atomic mass is 9.88. The molecule has 1 unspecified atom stereocenters. The molecule has 1 aliphatic rings. The van der Waals surface area contributed by atoms with Gasteiger partial charge in [0.1, 0.15) is 0 Å². The molecule has 0 aliphatic carbocycles. The van der Waals surface area contributed by atoms with Crippen LogP contribution in [0.1, 0.15) is 25.5 Å². The highest BCUT2D eigenvalue weighted by Gasteiger charge is 2.33. The van der Waals surface area contributed by atoms with Crippen LogP contribution in [-0.4, -0.2) is 29.7 Å². The summed E-state index contributed by atoms with van der Waals surface area (Å²) in [7, 11) is 0. The van der Waals surface area contributed by atoms with Crippen LogP contribution in [0.3, 0.4) is 0 Å². The third-order valence-corrected chi connectivity index (χ3v) is 3.78. The van der Waals surface area contributed by atoms with Crippen LogP contribution in [0.2, 0.25) is 0 Å². The van der Waals surface area contributed by atoms with Gasteiger partial charge in [0.05, 0.1) is 24.2 Å². The Kier molecular flexibility index (Phi) is 2.95. The second-order valence-electron chi connectivity index (χ2n) is 5.79. The standard InChI is InChI=1S/C14H19N3O2/c1-9(15-6-14(2)7-19-8-14)10-3-4-11-12(5-10)17-13(18)16-11/h3-5,9,15H,6-8H2,1-2H3,(H2,16,17,18). The third-order valence-electron chi connectivity index (χ3n) is 3.78. The van der Waals surface area contributed by atoms with Gasteiger partial charge in [-0.3, -0.25) is 0 Å². The summed E-state index contributed by atoms with van der Waals surface area (Å²) in [5.41, 5.74) is 2.98. The van der Waals surface area contributed by atoms with Crippen molar-refractivity contribution in [2.45, 2.75) is 19.9 Å². The Morgan fingerprint density at radius 1 is 1.37 bits per heavy atom. The van der Waals surface area contributed by atoms with Gasteiger partial charge in [-0.05, 0) is 24.6 Å². The van der Waals surface area contributed by atoms with Gasteiger partial charge in [0.25, 0.3) is 0 Å². The van der Waals surface area contributed by atoms with Gasteiger partial charge in [-0.25, -0.2) is 4.79 Å². The van der Waals surface area contributed by atoms with Crippen molar-refractivity contribution in [2.75, 3.05) is 19.8 Å². The second kappa shape index (κ2) is 4.51. The number of nitrogens with one attached hydrogen (secondary N) is 3. The fraction of sp³-hybridized carbons (Fsp3) is 0.500. The lowest BCUT2D eigenvalue weighted by molar-refractivity contribution is -0.0999. The van der Waals surface area contributed by atoms with E-state index < -0.39 is 0 Å². The molecule has 2 aromatic rings. The van der Waals surface area contributed by atoms with Crippen molar-refractivity contribution in [1.82, 2.24) is 15.3 Å². The molecule has 0 amide bonds. The van der Waals surface area contributed by atoms with E-state index in [1.165, 1.54) is 5.56 Å². The van der Waals surface area contributed by atoms with Crippen LogP contribution in [0.4, 0.5) is 0 Å². The predicted molar refractivity (Wildman–Crippen MR) is 74.3 cm³/mol. The normalized spacial score (nSPS) is 19.3. The minimum Gasteiger partial charge on any atom is -0.380 e. The molecule has 2 heterocycles. The molecule has 1 aromatic heterocycles. The van der Waals surface area contributed by atoms with Gasteiger partial charge in [-0.2, -0.15) is 0 Å². The van der Waals surface area contributed by atoms with Gasteiger partial charge < -0.3 is 20.0 Å². The molecule has 102 valence electrons. The molecule has 0 spiro atoms. The van der Waals surface area contributed by atoms with Gasteiger partial charge in [-0.15, -0.1) is 0 Å². The van der Waals surface area contributed by atoms with Gasteiger partial charge in [0, 0.05) is 18.0 Å². The molecule has 3 N–H and O–H groups in total. The van der Waals surface area contributed by atoms with Crippen LogP contribution < -0.4 is 11.0 Å². The van der Waals surface area contributed by atoms with Crippen molar-refractivity contribution in [3.05, 3.63) is 34.2 Å². The summed E-state index contributed by atoms with van der Waals surface area (Å²) < 4.78 is 5.25. The number of hydrogen-bond acceptors (Lipinski definition) is 3. The molecule has 0 radical (unpaired) electrons. The molecule has 3 rings (SSSR count). The Hall–Kier alpha value is -1.59. The Morgan fingerprint density at radius 3 is 2.79 bits per heavy atom. The fourth-order valence-corrected chi connectivity index (χ4v) is 2.39. The number of fused-ring (bicyclic) bond motifs is 1. The highest BCUT2D eigenvalue weighted by molar-refractivity contribution is 5.75. The summed E-state index contributed by atoms with van der Waals surface area (Å²) in [5.74, 6) is 0. The van der Waals surface area contributed by atoms with Crippen molar-refractivity contribution in [2.24, 2.45) is 5.41 Å². The maximum Gasteiger partial charge on any atom is 0.323 e. The first kappa shape index (κ1) is 12.4. The minimum atomic E-state index is -0.160. The first-order valence-corrected chi connectivity index (χ1v) is 6.59. The van der Waals surface area contributed by atoms with Crippen LogP contribution in [0.5, 0.6) is 0 Å². The second-order valence-corrected chi connectivity index (χ2v) is 5.79. The first-order chi connectivity index (χ1) is 9.06. The smallest absolute Gasteiger partial charge is 0.323 e. The number of benzene rings is 1. The molecule has 1 atom stereocenters. The van der Waals surface area contributed by atoms with Crippen LogP contribution in [0.15, 0.2) is 23.0 Å². The fourth-order valence-electron chi connectivity index (χ4n) is 2.39. The zero-order chi connectivity index (χ0) is 13.5. The van der Waals surface area contributed by atoms with Crippen LogP contribution in [-0.2, 0) is 4.74 Å². The Bertz CT molecular complexity index is 639. The predicted octanol–water partition coefficient (Wildman–Crippen LogP) is 1.54. The molecule has 5 nitrogen and oxygen atoms in total. The van der Waals surface area contributed by atoms with Crippen molar-refractivity contribution < 1.29 is 4.74 Å². The highest BCUT2D eigenvalue weighted by atomic mass is 16.5. The number of H-pyrrole nitrogens is 2. The van der Waals surface area contributed by atoms with Gasteiger partial charge in [0.15, 0.2) is 0 Å². The zero-order valence-electron chi connectivity index (χ0n) is 11.2. The Morgan fingerprint density at radius 2 is 2.11 bits per heavy atom. The molecule has 1 fully saturated rings. The van der Waals surface area contributed by atoms with Crippen LogP contribution in [0.25, 0.3) is 11.0 Å². The van der Waals surface area contributed by atoms with Crippen LogP contribution in [0, 0.1) is 5.41 Å². The van der Waals surface area contributed by atoms with Crippen molar-refractivity contribution >= 4 is 11.0 Å². The summed E-state index contributed by atoms with van der Waals surface area (Å²) in [6.45, 7) is 6.96. The number of rotatable bonds is 4. The third kappa shape index (κ3) is 2.43. The van der Waals surface area contributed by atoms with Crippen molar-refractivity contribution in [3.8, 4) is 0 Å². The van der Waals surface area contributed by atoms with Crippen LogP contribution >= 0.6 is 0 Å². The van der Waals surface area contributed by atoms with Gasteiger partial charge in [-0.1, -0.05) is 13.0 Å². The highest BCUT2D eigenvalue weighted by Crippen LogP contribution is 2.26. The largest absolute Gasteiger partial charge is 0.380 e. The number of ether oxygens (including phenoxy) is 1. The molecule has 5 heteroatoms. The Labute approximate surface area is 111 Å². The number of hydrogen-bond donors (Lipinski definition) is 3. The SMILES string of the molecule is CC(NCC1(C)COC1)c1ccc2[nH]c(=O)[nH]c2c1. The van der Waals surface area contributed by atoms with Crippen molar-refractivity contribution in [1.29, 1.82) is 0 Å². The van der Waals surface area contributed by atoms with E-state index in [4.69, 9.17) is 4.74 Å². The van der Waals surface area contributed by atoms with Crippen molar-refractivity contribution in [3.63, 3.8) is 0 Å². The topological polar surface area (TPSA) is 69.9 Å². The van der Waals surface area contributed by atoms with E-state index in [1.807, 2.05) is 18.2 Å². The van der Waals surface area contributed by atoms with E-state index in [1.54, 1.807) is 0 Å². The quantitative estimate of drug-likeness (QED) is 0.782. The number of aromatic amines is 2. The molecule has 0 saturated carbocycles. The molecule has 19 heavy (non-hydrogen) atoms. The number of aromatic nitrogens is 2. The molecule has 1 aromatic carbocycles. The van der Waals surface area contributed by atoms with Gasteiger partial charge >= 0.3 is 5.69 Å². The molecular formula is C14H19N3O2. The average Bonchev–Trinajstić information content (AvgIpc) is 2.72. The summed E-state index contributed by atoms with van der Waals surface area (Å²) in [6, 6.07) is 6.25. The molecular weight excluding hydrogens is 242 g/mol. The summed E-state index contributed by atoms with van der Waals surface area (Å²) >= 11 is 0. The summed E-state index contributed by atoms with van der Waals surface area (Å²) in [5, 5.41) is 3.53. The zero-order valence-corrected chi connectivity index (χ0v) is 11.2. The molecule has 1 saturated heterocycles. The van der Waals surface area contributed by atoms with E-state index in [0.29, 0.717) is 0 Å². The molecule has 0 bridgehead atoms. The van der Waals surface area contributed by atoms with E-state index in [2.05, 4.69) is 29.1 Å². The maximum absolute atomic E-state index is 11.2. The lowest BCUT2D eigenvalue weighted by Crippen LogP contribution is -2.47. The van der Waals surface area contributed by atoms with E-state index in [9.17, 15) is 4.79 Å². The summed E-state index contributed by atoms with van der Waals surface area (Å²) in [6.07, 6.45) is 0. The average molecular weight is 261 g/mol. The van der Waals surface area contributed by atoms with E-state index in [0.717, 1.165) is 30.8 Å². The monoisotopic (exact) mass is 261 g/mol. The van der Waals surface area contributed by atoms with Gasteiger partial charge in [0.2, 0.25) is 0 Å². The number of imidazole rings is 1.